The maximum atomic E-state index is 10.9. The maximum Gasteiger partial charge on any atom is 0.354 e. The highest BCUT2D eigenvalue weighted by atomic mass is 16.4. The summed E-state index contributed by atoms with van der Waals surface area (Å²) in [6, 6.07) is 1.55. The first-order valence-electron chi connectivity index (χ1n) is 5.86. The van der Waals surface area contributed by atoms with Crippen molar-refractivity contribution >= 4 is 11.8 Å². The first-order chi connectivity index (χ1) is 8.06. The Morgan fingerprint density at radius 1 is 1.35 bits per heavy atom. The lowest BCUT2D eigenvalue weighted by Crippen LogP contribution is -2.39. The summed E-state index contributed by atoms with van der Waals surface area (Å²) >= 11 is 0. The molecule has 0 bridgehead atoms. The van der Waals surface area contributed by atoms with Crippen molar-refractivity contribution in [2.45, 2.75) is 20.3 Å². The molecule has 0 amide bonds. The SMILES string of the molecule is C[C@@H]1C[C@@H](C)CN(c2cc(C(=O)O)ncn2)C1. The third-order valence-electron chi connectivity index (χ3n) is 3.06. The number of anilines is 1. The summed E-state index contributed by atoms with van der Waals surface area (Å²) in [5, 5.41) is 8.90. The quantitative estimate of drug-likeness (QED) is 0.844. The lowest BCUT2D eigenvalue weighted by atomic mass is 9.92. The van der Waals surface area contributed by atoms with Gasteiger partial charge in [-0.15, -0.1) is 0 Å². The van der Waals surface area contributed by atoms with Crippen LogP contribution in [0.4, 0.5) is 5.82 Å². The predicted octanol–water partition coefficient (Wildman–Crippen LogP) is 1.66. The van der Waals surface area contributed by atoms with E-state index in [9.17, 15) is 4.79 Å². The minimum absolute atomic E-state index is 0.0564. The van der Waals surface area contributed by atoms with E-state index in [0.29, 0.717) is 11.8 Å². The molecule has 2 atom stereocenters. The predicted molar refractivity (Wildman–Crippen MR) is 64.1 cm³/mol. The molecule has 0 radical (unpaired) electrons. The fraction of sp³-hybridized carbons (Fsp3) is 0.583. The Kier molecular flexibility index (Phi) is 3.26. The summed E-state index contributed by atoms with van der Waals surface area (Å²) in [7, 11) is 0. The molecule has 92 valence electrons. The molecule has 1 aliphatic rings. The fourth-order valence-corrected chi connectivity index (χ4v) is 2.49. The first-order valence-corrected chi connectivity index (χ1v) is 5.86. The Morgan fingerprint density at radius 2 is 2.00 bits per heavy atom. The smallest absolute Gasteiger partial charge is 0.354 e. The minimum Gasteiger partial charge on any atom is -0.477 e. The number of aromatic nitrogens is 2. The normalized spacial score (nSPS) is 24.7. The van der Waals surface area contributed by atoms with Crippen LogP contribution in [0.5, 0.6) is 0 Å². The summed E-state index contributed by atoms with van der Waals surface area (Å²) in [6.45, 7) is 6.28. The van der Waals surface area contributed by atoms with Crippen LogP contribution in [0, 0.1) is 11.8 Å². The summed E-state index contributed by atoms with van der Waals surface area (Å²) in [5.41, 5.74) is 0.0564. The van der Waals surface area contributed by atoms with Crippen molar-refractivity contribution in [2.75, 3.05) is 18.0 Å². The van der Waals surface area contributed by atoms with Crippen LogP contribution < -0.4 is 4.90 Å². The molecule has 0 spiro atoms. The third kappa shape index (κ3) is 2.72. The van der Waals surface area contributed by atoms with Gasteiger partial charge in [0, 0.05) is 19.2 Å². The monoisotopic (exact) mass is 235 g/mol. The molecule has 1 N–H and O–H groups in total. The van der Waals surface area contributed by atoms with E-state index < -0.39 is 5.97 Å². The van der Waals surface area contributed by atoms with Gasteiger partial charge in [-0.25, -0.2) is 14.8 Å². The Hall–Kier alpha value is -1.65. The molecule has 0 aliphatic carbocycles. The van der Waals surface area contributed by atoms with Gasteiger partial charge >= 0.3 is 5.97 Å². The van der Waals surface area contributed by atoms with Gasteiger partial charge in [-0.2, -0.15) is 0 Å². The van der Waals surface area contributed by atoms with Gasteiger partial charge in [-0.3, -0.25) is 0 Å². The van der Waals surface area contributed by atoms with Gasteiger partial charge in [-0.1, -0.05) is 13.8 Å². The molecular formula is C12H17N3O2. The lowest BCUT2D eigenvalue weighted by Gasteiger charge is -2.35. The number of rotatable bonds is 2. The molecule has 0 unspecified atom stereocenters. The van der Waals surface area contributed by atoms with E-state index in [0.717, 1.165) is 18.9 Å². The van der Waals surface area contributed by atoms with Crippen molar-refractivity contribution in [2.24, 2.45) is 11.8 Å². The van der Waals surface area contributed by atoms with Crippen molar-refractivity contribution in [3.63, 3.8) is 0 Å². The highest BCUT2D eigenvalue weighted by Crippen LogP contribution is 2.24. The number of carboxylic acids is 1. The molecule has 5 nitrogen and oxygen atoms in total. The highest BCUT2D eigenvalue weighted by molar-refractivity contribution is 5.86. The van der Waals surface area contributed by atoms with Gasteiger partial charge in [-0.05, 0) is 18.3 Å². The number of nitrogens with zero attached hydrogens (tertiary/aromatic N) is 3. The van der Waals surface area contributed by atoms with Gasteiger partial charge < -0.3 is 10.0 Å². The summed E-state index contributed by atoms with van der Waals surface area (Å²) in [4.78, 5) is 20.9. The molecule has 1 saturated heterocycles. The van der Waals surface area contributed by atoms with Crippen LogP contribution in [0.3, 0.4) is 0 Å². The van der Waals surface area contributed by atoms with Gasteiger partial charge in [0.1, 0.15) is 12.1 Å². The molecule has 0 aromatic carbocycles. The Bertz CT molecular complexity index is 412. The third-order valence-corrected chi connectivity index (χ3v) is 3.06. The second-order valence-corrected chi connectivity index (χ2v) is 4.92. The van der Waals surface area contributed by atoms with Gasteiger partial charge in [0.2, 0.25) is 0 Å². The number of hydrogen-bond acceptors (Lipinski definition) is 4. The molecule has 2 rings (SSSR count). The number of piperidine rings is 1. The van der Waals surface area contributed by atoms with Gasteiger partial charge in [0.25, 0.3) is 0 Å². The van der Waals surface area contributed by atoms with E-state index >= 15 is 0 Å². The second kappa shape index (κ2) is 4.69. The lowest BCUT2D eigenvalue weighted by molar-refractivity contribution is 0.0690. The van der Waals surface area contributed by atoms with Crippen molar-refractivity contribution in [3.05, 3.63) is 18.1 Å². The molecular weight excluding hydrogens is 218 g/mol. The Balaban J connectivity index is 2.21. The van der Waals surface area contributed by atoms with Gasteiger partial charge in [0.05, 0.1) is 0 Å². The largest absolute Gasteiger partial charge is 0.477 e. The molecule has 5 heteroatoms. The van der Waals surface area contributed by atoms with Crippen LogP contribution >= 0.6 is 0 Å². The van der Waals surface area contributed by atoms with Crippen LogP contribution in [-0.4, -0.2) is 34.1 Å². The number of carbonyl (C=O) groups is 1. The van der Waals surface area contributed by atoms with E-state index in [2.05, 4.69) is 28.7 Å². The molecule has 0 saturated carbocycles. The average molecular weight is 235 g/mol. The van der Waals surface area contributed by atoms with Crippen LogP contribution in [0.1, 0.15) is 30.8 Å². The van der Waals surface area contributed by atoms with Crippen molar-refractivity contribution in [1.82, 2.24) is 9.97 Å². The standard InChI is InChI=1S/C12H17N3O2/c1-8-3-9(2)6-15(5-8)11-4-10(12(16)17)13-7-14-11/h4,7-9H,3,5-6H2,1-2H3,(H,16,17)/t8-,9-/m1/s1. The molecule has 2 heterocycles. The van der Waals surface area contributed by atoms with Gasteiger partial charge in [0.15, 0.2) is 5.69 Å². The Morgan fingerprint density at radius 3 is 2.59 bits per heavy atom. The zero-order valence-corrected chi connectivity index (χ0v) is 10.1. The topological polar surface area (TPSA) is 66.3 Å². The number of aromatic carboxylic acids is 1. The molecule has 1 aromatic heterocycles. The zero-order chi connectivity index (χ0) is 12.4. The highest BCUT2D eigenvalue weighted by Gasteiger charge is 2.23. The zero-order valence-electron chi connectivity index (χ0n) is 10.1. The number of carboxylic acid groups (broad SMARTS) is 1. The van der Waals surface area contributed by atoms with E-state index in [1.54, 1.807) is 6.07 Å². The minimum atomic E-state index is -1.01. The molecule has 1 aliphatic heterocycles. The summed E-state index contributed by atoms with van der Waals surface area (Å²) < 4.78 is 0. The van der Waals surface area contributed by atoms with Crippen molar-refractivity contribution in [3.8, 4) is 0 Å². The number of hydrogen-bond donors (Lipinski definition) is 1. The molecule has 1 aromatic rings. The van der Waals surface area contributed by atoms with E-state index in [1.807, 2.05) is 0 Å². The van der Waals surface area contributed by atoms with Crippen molar-refractivity contribution < 1.29 is 9.90 Å². The van der Waals surface area contributed by atoms with E-state index in [-0.39, 0.29) is 5.69 Å². The molecule has 1 fully saturated rings. The summed E-state index contributed by atoms with van der Waals surface area (Å²) in [6.07, 6.45) is 2.54. The van der Waals surface area contributed by atoms with E-state index in [1.165, 1.54) is 12.7 Å². The van der Waals surface area contributed by atoms with Crippen LogP contribution in [-0.2, 0) is 0 Å². The molecule has 17 heavy (non-hydrogen) atoms. The average Bonchev–Trinajstić information content (AvgIpc) is 2.28. The first kappa shape index (κ1) is 11.8. The maximum absolute atomic E-state index is 10.9. The van der Waals surface area contributed by atoms with Crippen LogP contribution in [0.2, 0.25) is 0 Å². The van der Waals surface area contributed by atoms with Crippen molar-refractivity contribution in [1.29, 1.82) is 0 Å². The second-order valence-electron chi connectivity index (χ2n) is 4.92. The van der Waals surface area contributed by atoms with E-state index in [4.69, 9.17) is 5.11 Å². The summed E-state index contributed by atoms with van der Waals surface area (Å²) in [5.74, 6) is 0.937. The fourth-order valence-electron chi connectivity index (χ4n) is 2.49. The van der Waals surface area contributed by atoms with Crippen LogP contribution in [0.15, 0.2) is 12.4 Å². The van der Waals surface area contributed by atoms with Crippen LogP contribution in [0.25, 0.3) is 0 Å². The Labute approximate surface area is 100 Å².